The predicted molar refractivity (Wildman–Crippen MR) is 98.2 cm³/mol. The first-order valence-electron chi connectivity index (χ1n) is 10.1. The molecule has 4 aliphatic rings. The van der Waals surface area contributed by atoms with Gasteiger partial charge in [-0.25, -0.2) is 4.98 Å². The molecule has 5 rings (SSSR count). The van der Waals surface area contributed by atoms with Gasteiger partial charge < -0.3 is 14.0 Å². The summed E-state index contributed by atoms with van der Waals surface area (Å²) >= 11 is 0. The molecule has 0 aliphatic heterocycles. The first-order chi connectivity index (χ1) is 13.0. The number of aromatic nitrogens is 2. The standard InChI is InChI=1S/C21H29N2O4/c1-15(13-27-20(25)11-23-3-2-22-14-23)12-26-19(24)10-21-7-16-4-17(8-21)6-18(5-16)9-21/h2-3,14-18H,1,4-13H2. The Morgan fingerprint density at radius 2 is 1.67 bits per heavy atom. The van der Waals surface area contributed by atoms with E-state index in [9.17, 15) is 9.59 Å². The van der Waals surface area contributed by atoms with E-state index in [2.05, 4.69) is 11.9 Å². The number of esters is 2. The second-order valence-corrected chi connectivity index (χ2v) is 9.06. The molecule has 1 aromatic heterocycles. The smallest absolute Gasteiger partial charge is 0.325 e. The highest BCUT2D eigenvalue weighted by atomic mass is 16.5. The summed E-state index contributed by atoms with van der Waals surface area (Å²) in [5.74, 6) is 1.78. The molecule has 0 amide bonds. The second-order valence-electron chi connectivity index (χ2n) is 9.06. The highest BCUT2D eigenvalue weighted by Crippen LogP contribution is 2.61. The summed E-state index contributed by atoms with van der Waals surface area (Å²) in [6.45, 7) is 4.40. The maximum atomic E-state index is 12.4. The Bertz CT molecular complexity index is 634. The summed E-state index contributed by atoms with van der Waals surface area (Å²) in [5, 5.41) is 0. The molecular formula is C21H29N2O4. The third-order valence-corrected chi connectivity index (χ3v) is 6.52. The van der Waals surface area contributed by atoms with Gasteiger partial charge in [0.2, 0.25) is 0 Å². The highest BCUT2D eigenvalue weighted by molar-refractivity contribution is 5.70. The zero-order chi connectivity index (χ0) is 18.9. The molecule has 147 valence electrons. The van der Waals surface area contributed by atoms with E-state index in [-0.39, 0.29) is 43.0 Å². The van der Waals surface area contributed by atoms with Crippen LogP contribution in [0.15, 0.2) is 18.7 Å². The first-order valence-corrected chi connectivity index (χ1v) is 10.1. The van der Waals surface area contributed by atoms with Crippen LogP contribution in [0.3, 0.4) is 0 Å². The van der Waals surface area contributed by atoms with E-state index >= 15 is 0 Å². The quantitative estimate of drug-likeness (QED) is 0.655. The molecule has 1 atom stereocenters. The number of imidazole rings is 1. The van der Waals surface area contributed by atoms with Crippen molar-refractivity contribution in [3.63, 3.8) is 0 Å². The lowest BCUT2D eigenvalue weighted by Crippen LogP contribution is -2.47. The average Bonchev–Trinajstić information content (AvgIpc) is 3.09. The molecule has 0 spiro atoms. The van der Waals surface area contributed by atoms with Crippen LogP contribution in [0.4, 0.5) is 0 Å². The predicted octanol–water partition coefficient (Wildman–Crippen LogP) is 3.03. The van der Waals surface area contributed by atoms with Crippen molar-refractivity contribution in [1.29, 1.82) is 0 Å². The van der Waals surface area contributed by atoms with Gasteiger partial charge in [-0.15, -0.1) is 0 Å². The minimum Gasteiger partial charge on any atom is -0.465 e. The first kappa shape index (κ1) is 18.5. The van der Waals surface area contributed by atoms with Gasteiger partial charge in [0.25, 0.3) is 0 Å². The lowest BCUT2D eigenvalue weighted by atomic mass is 9.49. The third-order valence-electron chi connectivity index (χ3n) is 6.52. The van der Waals surface area contributed by atoms with Gasteiger partial charge in [-0.2, -0.15) is 0 Å². The van der Waals surface area contributed by atoms with Crippen LogP contribution in [0.25, 0.3) is 0 Å². The molecule has 27 heavy (non-hydrogen) atoms. The van der Waals surface area contributed by atoms with Crippen LogP contribution in [0, 0.1) is 36.0 Å². The molecule has 1 unspecified atom stereocenters. The molecule has 0 aromatic carbocycles. The molecule has 4 aliphatic carbocycles. The number of rotatable bonds is 8. The van der Waals surface area contributed by atoms with Gasteiger partial charge >= 0.3 is 11.9 Å². The van der Waals surface area contributed by atoms with Crippen molar-refractivity contribution >= 4 is 11.9 Å². The Morgan fingerprint density at radius 1 is 1.07 bits per heavy atom. The number of ether oxygens (including phenoxy) is 2. The van der Waals surface area contributed by atoms with E-state index in [1.165, 1.54) is 38.5 Å². The van der Waals surface area contributed by atoms with Gasteiger partial charge in [0.05, 0.1) is 26.0 Å². The van der Waals surface area contributed by atoms with E-state index in [1.54, 1.807) is 23.3 Å². The Balaban J connectivity index is 1.16. The van der Waals surface area contributed by atoms with Crippen LogP contribution in [-0.4, -0.2) is 34.7 Å². The number of carbonyl (C=O) groups excluding carboxylic acids is 2. The van der Waals surface area contributed by atoms with Crippen molar-refractivity contribution in [3.8, 4) is 0 Å². The lowest BCUT2D eigenvalue weighted by molar-refractivity contribution is -0.154. The van der Waals surface area contributed by atoms with Gasteiger partial charge in [-0.1, -0.05) is 0 Å². The van der Waals surface area contributed by atoms with Crippen molar-refractivity contribution in [2.75, 3.05) is 13.2 Å². The SMILES string of the molecule is [CH2]C(COC(=O)Cn1ccnc1)COC(=O)CC12CC3CC(CC(C3)C1)C2. The second kappa shape index (κ2) is 7.64. The van der Waals surface area contributed by atoms with Gasteiger partial charge in [0, 0.05) is 18.3 Å². The number of carbonyl (C=O) groups is 2. The summed E-state index contributed by atoms with van der Waals surface area (Å²) in [5.41, 5.74) is 0.194. The average molecular weight is 373 g/mol. The zero-order valence-corrected chi connectivity index (χ0v) is 15.8. The van der Waals surface area contributed by atoms with Crippen molar-refractivity contribution in [2.45, 2.75) is 51.5 Å². The van der Waals surface area contributed by atoms with E-state index < -0.39 is 0 Å². The Labute approximate surface area is 160 Å². The number of hydrogen-bond donors (Lipinski definition) is 0. The minimum atomic E-state index is -0.346. The van der Waals surface area contributed by atoms with Crippen molar-refractivity contribution in [3.05, 3.63) is 25.6 Å². The summed E-state index contributed by atoms with van der Waals surface area (Å²) in [4.78, 5) is 28.1. The van der Waals surface area contributed by atoms with Gasteiger partial charge in [-0.3, -0.25) is 9.59 Å². The molecule has 6 nitrogen and oxygen atoms in total. The summed E-state index contributed by atoms with van der Waals surface area (Å²) in [6.07, 6.45) is 13.2. The largest absolute Gasteiger partial charge is 0.465 e. The Kier molecular flexibility index (Phi) is 5.24. The molecule has 1 heterocycles. The summed E-state index contributed by atoms with van der Waals surface area (Å²) in [7, 11) is 0. The highest BCUT2D eigenvalue weighted by Gasteiger charge is 2.51. The Hall–Kier alpha value is -1.85. The van der Waals surface area contributed by atoms with Crippen LogP contribution < -0.4 is 0 Å². The van der Waals surface area contributed by atoms with Crippen LogP contribution >= 0.6 is 0 Å². The van der Waals surface area contributed by atoms with Gasteiger partial charge in [0.15, 0.2) is 0 Å². The maximum Gasteiger partial charge on any atom is 0.325 e. The van der Waals surface area contributed by atoms with E-state index in [0.29, 0.717) is 6.42 Å². The van der Waals surface area contributed by atoms with Crippen LogP contribution in [-0.2, 0) is 25.6 Å². The van der Waals surface area contributed by atoms with Crippen LogP contribution in [0.1, 0.15) is 44.9 Å². The molecular weight excluding hydrogens is 344 g/mol. The van der Waals surface area contributed by atoms with Crippen molar-refractivity contribution in [1.82, 2.24) is 9.55 Å². The molecule has 0 N–H and O–H groups in total. The molecule has 0 saturated heterocycles. The minimum absolute atomic E-state index is 0.115. The molecule has 6 heteroatoms. The van der Waals surface area contributed by atoms with Gasteiger partial charge in [-0.05, 0) is 68.6 Å². The summed E-state index contributed by atoms with van der Waals surface area (Å²) in [6, 6.07) is 0. The summed E-state index contributed by atoms with van der Waals surface area (Å²) < 4.78 is 12.3. The van der Waals surface area contributed by atoms with Crippen molar-refractivity contribution < 1.29 is 19.1 Å². The van der Waals surface area contributed by atoms with Crippen molar-refractivity contribution in [2.24, 2.45) is 29.1 Å². The Morgan fingerprint density at radius 3 is 2.22 bits per heavy atom. The molecule has 1 aromatic rings. The van der Waals surface area contributed by atoms with E-state index in [4.69, 9.17) is 9.47 Å². The van der Waals surface area contributed by atoms with Crippen LogP contribution in [0.5, 0.6) is 0 Å². The maximum absolute atomic E-state index is 12.4. The van der Waals surface area contributed by atoms with E-state index in [1.807, 2.05) is 0 Å². The third kappa shape index (κ3) is 4.53. The topological polar surface area (TPSA) is 70.4 Å². The molecule has 4 fully saturated rings. The molecule has 4 bridgehead atoms. The number of hydrogen-bond acceptors (Lipinski definition) is 5. The van der Waals surface area contributed by atoms with Crippen LogP contribution in [0.2, 0.25) is 0 Å². The lowest BCUT2D eigenvalue weighted by Gasteiger charge is -2.56. The normalized spacial score (nSPS) is 32.3. The number of nitrogens with zero attached hydrogens (tertiary/aromatic N) is 2. The fraction of sp³-hybridized carbons (Fsp3) is 0.714. The van der Waals surface area contributed by atoms with Gasteiger partial charge in [0.1, 0.15) is 6.54 Å². The monoisotopic (exact) mass is 373 g/mol. The molecule has 4 saturated carbocycles. The van der Waals surface area contributed by atoms with E-state index in [0.717, 1.165) is 17.8 Å². The zero-order valence-electron chi connectivity index (χ0n) is 15.8. The fourth-order valence-electron chi connectivity index (χ4n) is 5.91. The fourth-order valence-corrected chi connectivity index (χ4v) is 5.91. The molecule has 1 radical (unpaired) electrons.